The Hall–Kier alpha value is -3.30. The minimum absolute atomic E-state index is 0.0670. The van der Waals surface area contributed by atoms with Crippen molar-refractivity contribution in [2.24, 2.45) is 0 Å². The number of carbonyl (C=O) groups is 1. The zero-order valence-corrected chi connectivity index (χ0v) is 14.2. The normalized spacial score (nSPS) is 17.4. The lowest BCUT2D eigenvalue weighted by molar-refractivity contribution is 0.0701. The van der Waals surface area contributed by atoms with Crippen molar-refractivity contribution in [1.29, 1.82) is 0 Å². The lowest BCUT2D eigenvalue weighted by Gasteiger charge is -2.31. The molecule has 0 spiro atoms. The molecule has 3 aromatic rings. The Morgan fingerprint density at radius 1 is 1.38 bits per heavy atom. The topological polar surface area (TPSA) is 126 Å². The van der Waals surface area contributed by atoms with E-state index >= 15 is 0 Å². The summed E-state index contributed by atoms with van der Waals surface area (Å²) in [6.07, 6.45) is 3.22. The highest BCUT2D eigenvalue weighted by atomic mass is 16.3. The summed E-state index contributed by atoms with van der Waals surface area (Å²) in [6.45, 7) is 3.00. The Balaban J connectivity index is 1.58. The molecule has 1 aliphatic rings. The Morgan fingerprint density at radius 2 is 2.27 bits per heavy atom. The number of likely N-dealkylation sites (tertiary alicyclic amines) is 1. The van der Waals surface area contributed by atoms with Crippen LogP contribution in [0.1, 0.15) is 40.8 Å². The molecule has 2 N–H and O–H groups in total. The van der Waals surface area contributed by atoms with E-state index in [0.717, 1.165) is 24.5 Å². The smallest absolute Gasteiger partial charge is 0.257 e. The molecule has 2 aromatic heterocycles. The molecule has 1 saturated heterocycles. The molecule has 1 unspecified atom stereocenters. The summed E-state index contributed by atoms with van der Waals surface area (Å²) in [6, 6.07) is 4.72. The number of amides is 1. The zero-order valence-electron chi connectivity index (χ0n) is 14.2. The summed E-state index contributed by atoms with van der Waals surface area (Å²) >= 11 is 0. The van der Waals surface area contributed by atoms with Crippen molar-refractivity contribution >= 4 is 5.91 Å². The summed E-state index contributed by atoms with van der Waals surface area (Å²) in [5.74, 6) is 1.28. The summed E-state index contributed by atoms with van der Waals surface area (Å²) in [5.41, 5.74) is 0.833. The second-order valence-corrected chi connectivity index (χ2v) is 6.33. The molecule has 4 rings (SSSR count). The first-order chi connectivity index (χ1) is 12.6. The number of aryl methyl sites for hydroxylation is 1. The van der Waals surface area contributed by atoms with Gasteiger partial charge in [-0.1, -0.05) is 0 Å². The standard InChI is InChI=1S/C16H18N8O2/c1-10-18-15(20-19-10)11-3-2-6-23(8-11)16(26)13-7-12(4-5-14(13)25)24-9-17-21-22-24/h4-5,7,9,11,25H,2-3,6,8H2,1H3,(H,18,19,20). The Bertz CT molecular complexity index is 920. The monoisotopic (exact) mass is 354 g/mol. The average molecular weight is 354 g/mol. The Morgan fingerprint density at radius 3 is 3.00 bits per heavy atom. The molecule has 1 aromatic carbocycles. The minimum atomic E-state index is -0.227. The third kappa shape index (κ3) is 3.01. The van der Waals surface area contributed by atoms with E-state index < -0.39 is 0 Å². The van der Waals surface area contributed by atoms with E-state index in [1.54, 1.807) is 17.0 Å². The van der Waals surface area contributed by atoms with Crippen molar-refractivity contribution in [2.75, 3.05) is 13.1 Å². The van der Waals surface area contributed by atoms with Crippen LogP contribution >= 0.6 is 0 Å². The van der Waals surface area contributed by atoms with Gasteiger partial charge in [0.2, 0.25) is 0 Å². The van der Waals surface area contributed by atoms with Gasteiger partial charge in [0.25, 0.3) is 5.91 Å². The van der Waals surface area contributed by atoms with Crippen LogP contribution in [0.3, 0.4) is 0 Å². The highest BCUT2D eigenvalue weighted by Gasteiger charge is 2.29. The second kappa shape index (κ2) is 6.54. The SMILES string of the molecule is Cc1nc(C2CCCN(C(=O)c3cc(-n4cnnn4)ccc3O)C2)n[nH]1. The molecule has 0 saturated carbocycles. The van der Waals surface area contributed by atoms with Gasteiger partial charge in [0.1, 0.15) is 17.9 Å². The molecule has 0 aliphatic carbocycles. The van der Waals surface area contributed by atoms with Gasteiger partial charge in [0, 0.05) is 19.0 Å². The van der Waals surface area contributed by atoms with Crippen LogP contribution in [0.4, 0.5) is 0 Å². The summed E-state index contributed by atoms with van der Waals surface area (Å²) in [7, 11) is 0. The molecule has 10 heteroatoms. The molecule has 26 heavy (non-hydrogen) atoms. The number of tetrazole rings is 1. The van der Waals surface area contributed by atoms with E-state index in [1.807, 2.05) is 6.92 Å². The first-order valence-electron chi connectivity index (χ1n) is 8.36. The largest absolute Gasteiger partial charge is 0.507 e. The van der Waals surface area contributed by atoms with E-state index in [1.165, 1.54) is 17.1 Å². The molecule has 3 heterocycles. The predicted octanol–water partition coefficient (Wildman–Crippen LogP) is 0.814. The van der Waals surface area contributed by atoms with Gasteiger partial charge in [0.15, 0.2) is 5.82 Å². The van der Waals surface area contributed by atoms with E-state index in [0.29, 0.717) is 18.8 Å². The lowest BCUT2D eigenvalue weighted by atomic mass is 9.96. The Kier molecular flexibility index (Phi) is 4.07. The molecule has 1 atom stereocenters. The second-order valence-electron chi connectivity index (χ2n) is 6.33. The Labute approximate surface area is 148 Å². The fraction of sp³-hybridized carbons (Fsp3) is 0.375. The maximum Gasteiger partial charge on any atom is 0.257 e. The van der Waals surface area contributed by atoms with Gasteiger partial charge in [-0.3, -0.25) is 9.89 Å². The third-order valence-corrected chi connectivity index (χ3v) is 4.51. The zero-order chi connectivity index (χ0) is 18.1. The first kappa shape index (κ1) is 16.2. The van der Waals surface area contributed by atoms with Crippen molar-refractivity contribution in [1.82, 2.24) is 40.3 Å². The molecule has 1 fully saturated rings. The van der Waals surface area contributed by atoms with E-state index in [9.17, 15) is 9.90 Å². The highest BCUT2D eigenvalue weighted by molar-refractivity contribution is 5.97. The van der Waals surface area contributed by atoms with Crippen LogP contribution in [0, 0.1) is 6.92 Å². The van der Waals surface area contributed by atoms with E-state index in [2.05, 4.69) is 30.7 Å². The number of carbonyl (C=O) groups excluding carboxylic acids is 1. The number of nitrogens with zero attached hydrogens (tertiary/aromatic N) is 7. The number of hydrogen-bond acceptors (Lipinski definition) is 7. The van der Waals surface area contributed by atoms with Gasteiger partial charge < -0.3 is 10.0 Å². The maximum absolute atomic E-state index is 13.0. The molecule has 1 amide bonds. The molecular formula is C16H18N8O2. The molecule has 0 bridgehead atoms. The van der Waals surface area contributed by atoms with Gasteiger partial charge in [-0.2, -0.15) is 5.10 Å². The fourth-order valence-electron chi connectivity index (χ4n) is 3.20. The number of rotatable bonds is 3. The molecular weight excluding hydrogens is 336 g/mol. The number of piperidine rings is 1. The summed E-state index contributed by atoms with van der Waals surface area (Å²) in [4.78, 5) is 19.1. The van der Waals surface area contributed by atoms with Crippen LogP contribution in [-0.2, 0) is 0 Å². The van der Waals surface area contributed by atoms with Crippen LogP contribution in [0.15, 0.2) is 24.5 Å². The number of nitrogens with one attached hydrogen (secondary N) is 1. The van der Waals surface area contributed by atoms with Crippen LogP contribution < -0.4 is 0 Å². The number of phenolic OH excluding ortho intramolecular Hbond substituents is 1. The van der Waals surface area contributed by atoms with Crippen LogP contribution in [0.2, 0.25) is 0 Å². The molecule has 0 radical (unpaired) electrons. The van der Waals surface area contributed by atoms with E-state index in [4.69, 9.17) is 0 Å². The number of H-pyrrole nitrogens is 1. The molecule has 1 aliphatic heterocycles. The van der Waals surface area contributed by atoms with Crippen LogP contribution in [-0.4, -0.2) is 64.4 Å². The number of hydrogen-bond donors (Lipinski definition) is 2. The van der Waals surface area contributed by atoms with Crippen molar-refractivity contribution in [3.05, 3.63) is 41.7 Å². The maximum atomic E-state index is 13.0. The van der Waals surface area contributed by atoms with Crippen molar-refractivity contribution < 1.29 is 9.90 Å². The van der Waals surface area contributed by atoms with Gasteiger partial charge in [-0.05, 0) is 48.4 Å². The van der Waals surface area contributed by atoms with Crippen LogP contribution in [0.25, 0.3) is 5.69 Å². The fourth-order valence-corrected chi connectivity index (χ4v) is 3.20. The number of aromatic amines is 1. The van der Waals surface area contributed by atoms with Crippen molar-refractivity contribution in [2.45, 2.75) is 25.7 Å². The number of aromatic hydroxyl groups is 1. The van der Waals surface area contributed by atoms with Crippen molar-refractivity contribution in [3.63, 3.8) is 0 Å². The number of benzene rings is 1. The highest BCUT2D eigenvalue weighted by Crippen LogP contribution is 2.28. The first-order valence-corrected chi connectivity index (χ1v) is 8.36. The van der Waals surface area contributed by atoms with Gasteiger partial charge in [-0.25, -0.2) is 9.67 Å². The average Bonchev–Trinajstić information content (AvgIpc) is 3.33. The molecule has 10 nitrogen and oxygen atoms in total. The van der Waals surface area contributed by atoms with Crippen LogP contribution in [0.5, 0.6) is 5.75 Å². The number of aromatic nitrogens is 7. The van der Waals surface area contributed by atoms with Gasteiger partial charge in [0.05, 0.1) is 11.3 Å². The quantitative estimate of drug-likeness (QED) is 0.713. The third-order valence-electron chi connectivity index (χ3n) is 4.51. The summed E-state index contributed by atoms with van der Waals surface area (Å²) in [5, 5.41) is 28.2. The molecule has 134 valence electrons. The summed E-state index contributed by atoms with van der Waals surface area (Å²) < 4.78 is 1.44. The number of phenols is 1. The van der Waals surface area contributed by atoms with Gasteiger partial charge in [-0.15, -0.1) is 5.10 Å². The predicted molar refractivity (Wildman–Crippen MR) is 89.8 cm³/mol. The van der Waals surface area contributed by atoms with Gasteiger partial charge >= 0.3 is 0 Å². The van der Waals surface area contributed by atoms with Crippen molar-refractivity contribution in [3.8, 4) is 11.4 Å². The van der Waals surface area contributed by atoms with E-state index in [-0.39, 0.29) is 23.1 Å². The lowest BCUT2D eigenvalue weighted by Crippen LogP contribution is -2.39. The minimum Gasteiger partial charge on any atom is -0.507 e.